The van der Waals surface area contributed by atoms with Crippen molar-refractivity contribution in [1.29, 1.82) is 5.26 Å². The standard InChI is InChI=1S/C12H17N3O2/c1-11(2)5-9(16)15(10(11)17)7-12(14,6-13)8-3-4-8/h8H,3-5,7,14H2,1-2H3. The van der Waals surface area contributed by atoms with Crippen LogP contribution in [0.2, 0.25) is 0 Å². The van der Waals surface area contributed by atoms with E-state index < -0.39 is 11.0 Å². The first kappa shape index (κ1) is 12.1. The SMILES string of the molecule is CC1(C)CC(=O)N(CC(N)(C#N)C2CC2)C1=O. The zero-order valence-electron chi connectivity index (χ0n) is 10.2. The van der Waals surface area contributed by atoms with Crippen molar-refractivity contribution < 1.29 is 9.59 Å². The van der Waals surface area contributed by atoms with Crippen LogP contribution in [0.15, 0.2) is 0 Å². The van der Waals surface area contributed by atoms with E-state index in [1.54, 1.807) is 13.8 Å². The van der Waals surface area contributed by atoms with E-state index in [1.165, 1.54) is 4.90 Å². The fourth-order valence-corrected chi connectivity index (χ4v) is 2.30. The Balaban J connectivity index is 2.17. The number of nitrogens with zero attached hydrogens (tertiary/aromatic N) is 2. The molecular weight excluding hydrogens is 218 g/mol. The predicted molar refractivity (Wildman–Crippen MR) is 60.4 cm³/mol. The van der Waals surface area contributed by atoms with Crippen molar-refractivity contribution >= 4 is 11.8 Å². The molecule has 0 aromatic carbocycles. The largest absolute Gasteiger partial charge is 0.312 e. The second kappa shape index (κ2) is 3.54. The van der Waals surface area contributed by atoms with E-state index in [-0.39, 0.29) is 30.7 Å². The molecule has 1 atom stereocenters. The maximum atomic E-state index is 12.0. The van der Waals surface area contributed by atoms with Gasteiger partial charge in [0.1, 0.15) is 5.54 Å². The maximum absolute atomic E-state index is 12.0. The van der Waals surface area contributed by atoms with Crippen molar-refractivity contribution in [3.63, 3.8) is 0 Å². The van der Waals surface area contributed by atoms with Crippen LogP contribution in [0.4, 0.5) is 0 Å². The molecule has 1 aliphatic heterocycles. The summed E-state index contributed by atoms with van der Waals surface area (Å²) < 4.78 is 0. The number of carbonyl (C=O) groups is 2. The molecule has 1 saturated heterocycles. The smallest absolute Gasteiger partial charge is 0.235 e. The molecule has 1 aliphatic carbocycles. The molecule has 0 aromatic heterocycles. The molecule has 2 aliphatic rings. The predicted octanol–water partition coefficient (Wildman–Crippen LogP) is 0.403. The fourth-order valence-electron chi connectivity index (χ4n) is 2.30. The number of amides is 2. The molecule has 0 radical (unpaired) electrons. The molecule has 2 amide bonds. The summed E-state index contributed by atoms with van der Waals surface area (Å²) in [4.78, 5) is 25.0. The van der Waals surface area contributed by atoms with Gasteiger partial charge in [0, 0.05) is 6.42 Å². The highest BCUT2D eigenvalue weighted by Crippen LogP contribution is 2.40. The molecule has 0 bridgehead atoms. The summed E-state index contributed by atoms with van der Waals surface area (Å²) >= 11 is 0. The van der Waals surface area contributed by atoms with Crippen LogP contribution < -0.4 is 5.73 Å². The van der Waals surface area contributed by atoms with Crippen LogP contribution in [-0.2, 0) is 9.59 Å². The normalized spacial score (nSPS) is 26.8. The van der Waals surface area contributed by atoms with Crippen LogP contribution >= 0.6 is 0 Å². The Morgan fingerprint density at radius 1 is 1.53 bits per heavy atom. The van der Waals surface area contributed by atoms with Crippen molar-refractivity contribution in [2.24, 2.45) is 17.1 Å². The van der Waals surface area contributed by atoms with Crippen LogP contribution in [0, 0.1) is 22.7 Å². The van der Waals surface area contributed by atoms with E-state index >= 15 is 0 Å². The monoisotopic (exact) mass is 235 g/mol. The second-order valence-corrected chi connectivity index (χ2v) is 5.77. The first-order valence-corrected chi connectivity index (χ1v) is 5.85. The Labute approximate surface area is 101 Å². The van der Waals surface area contributed by atoms with Gasteiger partial charge in [-0.3, -0.25) is 14.5 Å². The van der Waals surface area contributed by atoms with Gasteiger partial charge < -0.3 is 5.73 Å². The number of nitriles is 1. The Hall–Kier alpha value is -1.41. The van der Waals surface area contributed by atoms with Gasteiger partial charge >= 0.3 is 0 Å². The summed E-state index contributed by atoms with van der Waals surface area (Å²) in [7, 11) is 0. The third kappa shape index (κ3) is 1.93. The molecule has 2 N–H and O–H groups in total. The quantitative estimate of drug-likeness (QED) is 0.717. The average Bonchev–Trinajstić information content (AvgIpc) is 3.04. The number of likely N-dealkylation sites (tertiary alicyclic amines) is 1. The Morgan fingerprint density at radius 2 is 2.12 bits per heavy atom. The van der Waals surface area contributed by atoms with Gasteiger partial charge in [-0.05, 0) is 18.8 Å². The van der Waals surface area contributed by atoms with E-state index in [0.717, 1.165) is 12.8 Å². The number of rotatable bonds is 3. The van der Waals surface area contributed by atoms with E-state index in [0.29, 0.717) is 0 Å². The number of imide groups is 1. The lowest BCUT2D eigenvalue weighted by molar-refractivity contribution is -0.141. The highest BCUT2D eigenvalue weighted by atomic mass is 16.2. The van der Waals surface area contributed by atoms with Gasteiger partial charge in [0.15, 0.2) is 0 Å². The minimum atomic E-state index is -1.06. The van der Waals surface area contributed by atoms with Crippen LogP contribution in [0.1, 0.15) is 33.1 Å². The highest BCUT2D eigenvalue weighted by molar-refractivity contribution is 6.05. The van der Waals surface area contributed by atoms with Crippen molar-refractivity contribution in [3.05, 3.63) is 0 Å². The summed E-state index contributed by atoms with van der Waals surface area (Å²) in [6.07, 6.45) is 2.02. The third-order valence-electron chi connectivity index (χ3n) is 3.65. The molecule has 2 rings (SSSR count). The van der Waals surface area contributed by atoms with Gasteiger partial charge in [-0.1, -0.05) is 13.8 Å². The Kier molecular flexibility index (Phi) is 2.51. The molecule has 1 saturated carbocycles. The van der Waals surface area contributed by atoms with E-state index in [9.17, 15) is 9.59 Å². The topological polar surface area (TPSA) is 87.2 Å². The van der Waals surface area contributed by atoms with E-state index in [1.807, 2.05) is 0 Å². The molecule has 17 heavy (non-hydrogen) atoms. The zero-order valence-corrected chi connectivity index (χ0v) is 10.2. The number of nitrogens with two attached hydrogens (primary N) is 1. The lowest BCUT2D eigenvalue weighted by atomic mass is 9.91. The zero-order chi connectivity index (χ0) is 12.8. The summed E-state index contributed by atoms with van der Waals surface area (Å²) in [5.41, 5.74) is 4.27. The third-order valence-corrected chi connectivity index (χ3v) is 3.65. The number of carbonyl (C=O) groups excluding carboxylic acids is 2. The van der Waals surface area contributed by atoms with Crippen molar-refractivity contribution in [3.8, 4) is 6.07 Å². The molecule has 92 valence electrons. The summed E-state index contributed by atoms with van der Waals surface area (Å²) in [6, 6.07) is 2.07. The van der Waals surface area contributed by atoms with E-state index in [4.69, 9.17) is 11.0 Å². The molecule has 1 heterocycles. The molecular formula is C12H17N3O2. The van der Waals surface area contributed by atoms with E-state index in [2.05, 4.69) is 6.07 Å². The summed E-state index contributed by atoms with van der Waals surface area (Å²) in [5, 5.41) is 9.13. The summed E-state index contributed by atoms with van der Waals surface area (Å²) in [5.74, 6) is -0.309. The van der Waals surface area contributed by atoms with Gasteiger partial charge in [0.05, 0.1) is 18.0 Å². The molecule has 2 fully saturated rings. The van der Waals surface area contributed by atoms with Crippen molar-refractivity contribution in [2.75, 3.05) is 6.54 Å². The first-order valence-electron chi connectivity index (χ1n) is 5.85. The molecule has 0 aromatic rings. The van der Waals surface area contributed by atoms with Gasteiger partial charge in [0.25, 0.3) is 0 Å². The van der Waals surface area contributed by atoms with Gasteiger partial charge in [-0.25, -0.2) is 0 Å². The van der Waals surface area contributed by atoms with Crippen LogP contribution in [0.5, 0.6) is 0 Å². The van der Waals surface area contributed by atoms with Gasteiger partial charge in [-0.2, -0.15) is 5.26 Å². The molecule has 1 unspecified atom stereocenters. The maximum Gasteiger partial charge on any atom is 0.235 e. The fraction of sp³-hybridized carbons (Fsp3) is 0.750. The lowest BCUT2D eigenvalue weighted by Crippen LogP contribution is -2.53. The van der Waals surface area contributed by atoms with Crippen molar-refractivity contribution in [1.82, 2.24) is 4.90 Å². The minimum Gasteiger partial charge on any atom is -0.312 e. The molecule has 5 nitrogen and oxygen atoms in total. The first-order chi connectivity index (χ1) is 7.80. The molecule has 0 spiro atoms. The number of hydrogen-bond acceptors (Lipinski definition) is 4. The average molecular weight is 235 g/mol. The lowest BCUT2D eigenvalue weighted by Gasteiger charge is -2.27. The van der Waals surface area contributed by atoms with Gasteiger partial charge in [0.2, 0.25) is 11.8 Å². The molecule has 5 heteroatoms. The highest BCUT2D eigenvalue weighted by Gasteiger charge is 2.51. The number of hydrogen-bond donors (Lipinski definition) is 1. The summed E-state index contributed by atoms with van der Waals surface area (Å²) in [6.45, 7) is 3.53. The van der Waals surface area contributed by atoms with Crippen LogP contribution in [0.3, 0.4) is 0 Å². The van der Waals surface area contributed by atoms with Gasteiger partial charge in [-0.15, -0.1) is 0 Å². The minimum absolute atomic E-state index is 0.0370. The second-order valence-electron chi connectivity index (χ2n) is 5.77. The van der Waals surface area contributed by atoms with Crippen molar-refractivity contribution in [2.45, 2.75) is 38.6 Å². The Morgan fingerprint density at radius 3 is 2.47 bits per heavy atom. The van der Waals surface area contributed by atoms with Crippen LogP contribution in [0.25, 0.3) is 0 Å². The van der Waals surface area contributed by atoms with Crippen LogP contribution in [-0.4, -0.2) is 28.8 Å². The Bertz CT molecular complexity index is 420.